The maximum absolute atomic E-state index is 12.8. The number of rotatable bonds is 4. The van der Waals surface area contributed by atoms with Crippen LogP contribution in [0.5, 0.6) is 0 Å². The summed E-state index contributed by atoms with van der Waals surface area (Å²) in [7, 11) is 0. The van der Waals surface area contributed by atoms with Crippen LogP contribution in [0, 0.1) is 5.82 Å². The maximum Gasteiger partial charge on any atom is 0.228 e. The summed E-state index contributed by atoms with van der Waals surface area (Å²) >= 11 is 3.38. The molecule has 0 saturated heterocycles. The van der Waals surface area contributed by atoms with Crippen LogP contribution >= 0.6 is 15.9 Å². The smallest absolute Gasteiger partial charge is 0.228 e. The molecule has 4 heteroatoms. The number of anilines is 1. The Morgan fingerprint density at radius 3 is 2.47 bits per heavy atom. The van der Waals surface area contributed by atoms with E-state index in [-0.39, 0.29) is 18.1 Å². The maximum atomic E-state index is 12.8. The molecular formula is C15H13BrFNO. The van der Waals surface area contributed by atoms with Crippen molar-refractivity contribution in [1.82, 2.24) is 0 Å². The van der Waals surface area contributed by atoms with Crippen molar-refractivity contribution in [3.63, 3.8) is 0 Å². The first-order valence-electron chi connectivity index (χ1n) is 5.87. The fourth-order valence-corrected chi connectivity index (χ4v) is 2.23. The number of para-hydroxylation sites is 1. The molecule has 0 aliphatic heterocycles. The van der Waals surface area contributed by atoms with Crippen molar-refractivity contribution in [3.8, 4) is 0 Å². The summed E-state index contributed by atoms with van der Waals surface area (Å²) in [5.41, 5.74) is 2.61. The Labute approximate surface area is 119 Å². The third-order valence-electron chi connectivity index (χ3n) is 2.71. The molecule has 0 aromatic heterocycles. The van der Waals surface area contributed by atoms with E-state index in [0.717, 1.165) is 16.8 Å². The van der Waals surface area contributed by atoms with Crippen LogP contribution in [-0.2, 0) is 16.5 Å². The molecule has 0 aliphatic carbocycles. The normalized spacial score (nSPS) is 10.2. The highest BCUT2D eigenvalue weighted by Crippen LogP contribution is 2.18. The van der Waals surface area contributed by atoms with Crippen molar-refractivity contribution >= 4 is 27.5 Å². The molecule has 2 rings (SSSR count). The molecule has 2 aromatic rings. The molecule has 19 heavy (non-hydrogen) atoms. The molecule has 0 heterocycles. The zero-order valence-corrected chi connectivity index (χ0v) is 11.8. The van der Waals surface area contributed by atoms with Crippen LogP contribution in [0.3, 0.4) is 0 Å². The Morgan fingerprint density at radius 1 is 1.11 bits per heavy atom. The van der Waals surface area contributed by atoms with E-state index in [2.05, 4.69) is 21.2 Å². The summed E-state index contributed by atoms with van der Waals surface area (Å²) in [6.07, 6.45) is 0.233. The van der Waals surface area contributed by atoms with Gasteiger partial charge < -0.3 is 5.32 Å². The first-order valence-corrected chi connectivity index (χ1v) is 6.99. The van der Waals surface area contributed by atoms with Gasteiger partial charge in [0.1, 0.15) is 5.82 Å². The van der Waals surface area contributed by atoms with Gasteiger partial charge in [-0.1, -0.05) is 46.3 Å². The van der Waals surface area contributed by atoms with Crippen molar-refractivity contribution in [3.05, 3.63) is 65.5 Å². The summed E-state index contributed by atoms with van der Waals surface area (Å²) < 4.78 is 12.8. The Morgan fingerprint density at radius 2 is 1.79 bits per heavy atom. The van der Waals surface area contributed by atoms with E-state index in [1.165, 1.54) is 12.1 Å². The first-order chi connectivity index (χ1) is 9.19. The van der Waals surface area contributed by atoms with Crippen LogP contribution in [-0.4, -0.2) is 5.91 Å². The van der Waals surface area contributed by atoms with Crippen molar-refractivity contribution in [2.24, 2.45) is 0 Å². The molecule has 1 amide bonds. The average Bonchev–Trinajstić information content (AvgIpc) is 2.42. The minimum atomic E-state index is -0.297. The molecule has 0 spiro atoms. The molecule has 0 radical (unpaired) electrons. The second-order valence-electron chi connectivity index (χ2n) is 4.14. The lowest BCUT2D eigenvalue weighted by atomic mass is 10.1. The number of hydrogen-bond acceptors (Lipinski definition) is 1. The highest BCUT2D eigenvalue weighted by Gasteiger charge is 2.07. The van der Waals surface area contributed by atoms with Gasteiger partial charge in [-0.15, -0.1) is 0 Å². The van der Waals surface area contributed by atoms with Crippen molar-refractivity contribution in [1.29, 1.82) is 0 Å². The molecule has 0 atom stereocenters. The Hall–Kier alpha value is -1.68. The predicted molar refractivity (Wildman–Crippen MR) is 77.8 cm³/mol. The summed E-state index contributed by atoms with van der Waals surface area (Å²) in [6, 6.07) is 13.5. The number of carbonyl (C=O) groups is 1. The lowest BCUT2D eigenvalue weighted by Gasteiger charge is -2.09. The minimum absolute atomic E-state index is 0.111. The van der Waals surface area contributed by atoms with E-state index in [1.54, 1.807) is 12.1 Å². The Kier molecular flexibility index (Phi) is 4.68. The lowest BCUT2D eigenvalue weighted by Crippen LogP contribution is -2.15. The monoisotopic (exact) mass is 321 g/mol. The van der Waals surface area contributed by atoms with Gasteiger partial charge in [0.05, 0.1) is 6.42 Å². The molecule has 0 unspecified atom stereocenters. The minimum Gasteiger partial charge on any atom is -0.326 e. The quantitative estimate of drug-likeness (QED) is 0.850. The van der Waals surface area contributed by atoms with Gasteiger partial charge in [0.2, 0.25) is 5.91 Å². The number of nitrogens with one attached hydrogen (secondary N) is 1. The number of hydrogen-bond donors (Lipinski definition) is 1. The molecule has 1 N–H and O–H groups in total. The third-order valence-corrected chi connectivity index (χ3v) is 3.32. The van der Waals surface area contributed by atoms with Gasteiger partial charge in [-0.3, -0.25) is 4.79 Å². The molecule has 0 fully saturated rings. The zero-order valence-electron chi connectivity index (χ0n) is 10.2. The number of benzene rings is 2. The number of carbonyl (C=O) groups excluding carboxylic acids is 1. The molecule has 0 aliphatic rings. The van der Waals surface area contributed by atoms with Gasteiger partial charge in [-0.2, -0.15) is 0 Å². The van der Waals surface area contributed by atoms with Crippen LogP contribution < -0.4 is 5.32 Å². The fraction of sp³-hybridized carbons (Fsp3) is 0.133. The molecular weight excluding hydrogens is 309 g/mol. The Balaban J connectivity index is 2.03. The van der Waals surface area contributed by atoms with Crippen LogP contribution in [0.1, 0.15) is 11.1 Å². The van der Waals surface area contributed by atoms with Gasteiger partial charge in [0, 0.05) is 11.0 Å². The van der Waals surface area contributed by atoms with Crippen LogP contribution in [0.4, 0.5) is 10.1 Å². The molecule has 0 saturated carbocycles. The van der Waals surface area contributed by atoms with Crippen LogP contribution in [0.2, 0.25) is 0 Å². The van der Waals surface area contributed by atoms with Crippen LogP contribution in [0.25, 0.3) is 0 Å². The van der Waals surface area contributed by atoms with E-state index >= 15 is 0 Å². The highest BCUT2D eigenvalue weighted by molar-refractivity contribution is 9.08. The second-order valence-corrected chi connectivity index (χ2v) is 4.70. The van der Waals surface area contributed by atoms with Gasteiger partial charge in [0.25, 0.3) is 0 Å². The molecule has 98 valence electrons. The average molecular weight is 322 g/mol. The Bertz CT molecular complexity index is 569. The highest BCUT2D eigenvalue weighted by atomic mass is 79.9. The summed E-state index contributed by atoms with van der Waals surface area (Å²) in [4.78, 5) is 11.9. The largest absolute Gasteiger partial charge is 0.326 e. The van der Waals surface area contributed by atoms with Crippen molar-refractivity contribution in [2.45, 2.75) is 11.8 Å². The SMILES string of the molecule is O=C(Cc1ccc(F)cc1)Nc1ccccc1CBr. The topological polar surface area (TPSA) is 29.1 Å². The van der Waals surface area contributed by atoms with E-state index in [1.807, 2.05) is 24.3 Å². The van der Waals surface area contributed by atoms with Gasteiger partial charge in [-0.05, 0) is 29.3 Å². The number of halogens is 2. The fourth-order valence-electron chi connectivity index (χ4n) is 1.74. The predicted octanol–water partition coefficient (Wildman–Crippen LogP) is 3.90. The zero-order chi connectivity index (χ0) is 13.7. The van der Waals surface area contributed by atoms with Crippen molar-refractivity contribution in [2.75, 3.05) is 5.32 Å². The first kappa shape index (κ1) is 13.7. The van der Waals surface area contributed by atoms with Gasteiger partial charge >= 0.3 is 0 Å². The molecule has 0 bridgehead atoms. The van der Waals surface area contributed by atoms with Gasteiger partial charge in [-0.25, -0.2) is 4.39 Å². The number of amides is 1. The lowest BCUT2D eigenvalue weighted by molar-refractivity contribution is -0.115. The summed E-state index contributed by atoms with van der Waals surface area (Å²) in [6.45, 7) is 0. The van der Waals surface area contributed by atoms with Gasteiger partial charge in [0.15, 0.2) is 0 Å². The number of alkyl halides is 1. The molecule has 2 aromatic carbocycles. The van der Waals surface area contributed by atoms with E-state index in [9.17, 15) is 9.18 Å². The summed E-state index contributed by atoms with van der Waals surface area (Å²) in [5, 5.41) is 3.54. The van der Waals surface area contributed by atoms with E-state index in [0.29, 0.717) is 5.33 Å². The summed E-state index contributed by atoms with van der Waals surface area (Å²) in [5.74, 6) is -0.409. The van der Waals surface area contributed by atoms with E-state index in [4.69, 9.17) is 0 Å². The molecule has 2 nitrogen and oxygen atoms in total. The third kappa shape index (κ3) is 3.89. The second kappa shape index (κ2) is 6.48. The van der Waals surface area contributed by atoms with Crippen molar-refractivity contribution < 1.29 is 9.18 Å². The standard InChI is InChI=1S/C15H13BrFNO/c16-10-12-3-1-2-4-14(12)18-15(19)9-11-5-7-13(17)8-6-11/h1-8H,9-10H2,(H,18,19). The van der Waals surface area contributed by atoms with E-state index < -0.39 is 0 Å². The van der Waals surface area contributed by atoms with Crippen LogP contribution in [0.15, 0.2) is 48.5 Å².